The fourth-order valence-corrected chi connectivity index (χ4v) is 4.90. The monoisotopic (exact) mass is 465 g/mol. The number of carbonyl (C=O) groups is 1. The normalized spacial score (nSPS) is 25.1. The average molecular weight is 465 g/mol. The summed E-state index contributed by atoms with van der Waals surface area (Å²) in [5.74, 6) is -4.58. The Morgan fingerprint density at radius 2 is 2.06 bits per heavy atom. The highest BCUT2D eigenvalue weighted by Gasteiger charge is 2.43. The zero-order valence-corrected chi connectivity index (χ0v) is 17.9. The quantitative estimate of drug-likeness (QED) is 0.146. The van der Waals surface area contributed by atoms with Gasteiger partial charge in [-0.15, -0.1) is 0 Å². The SMILES string of the molecule is [N-]=[N+]=Nc1c(F)cc(F)c(C[C@@H](O)C=C[C@@H]2[C@H]3CC(CCCCC(=O)O)=C[C@H]3C[C@H]2O)c1F. The topological polar surface area (TPSA) is 127 Å². The summed E-state index contributed by atoms with van der Waals surface area (Å²) in [5, 5.41) is 32.4. The molecule has 0 saturated heterocycles. The van der Waals surface area contributed by atoms with Crippen molar-refractivity contribution < 1.29 is 33.3 Å². The number of carboxylic acid groups (broad SMARTS) is 1. The number of aliphatic carboxylic acids is 1. The first-order valence-corrected chi connectivity index (χ1v) is 10.9. The van der Waals surface area contributed by atoms with Crippen LogP contribution in [0.5, 0.6) is 0 Å². The van der Waals surface area contributed by atoms with Crippen molar-refractivity contribution in [3.8, 4) is 0 Å². The molecule has 1 aromatic rings. The van der Waals surface area contributed by atoms with Crippen LogP contribution in [0.2, 0.25) is 0 Å². The zero-order chi connectivity index (χ0) is 24.1. The molecule has 33 heavy (non-hydrogen) atoms. The van der Waals surface area contributed by atoms with Gasteiger partial charge in [0.05, 0.1) is 12.2 Å². The number of benzene rings is 1. The van der Waals surface area contributed by atoms with E-state index in [0.717, 1.165) is 19.3 Å². The fourth-order valence-electron chi connectivity index (χ4n) is 4.90. The summed E-state index contributed by atoms with van der Waals surface area (Å²) >= 11 is 0. The molecule has 0 spiro atoms. The van der Waals surface area contributed by atoms with E-state index < -0.39 is 53.3 Å². The van der Waals surface area contributed by atoms with E-state index in [1.54, 1.807) is 6.08 Å². The Morgan fingerprint density at radius 1 is 1.30 bits per heavy atom. The summed E-state index contributed by atoms with van der Waals surface area (Å²) < 4.78 is 42.1. The van der Waals surface area contributed by atoms with Crippen LogP contribution in [0, 0.1) is 35.2 Å². The molecule has 0 radical (unpaired) electrons. The number of allylic oxidation sites excluding steroid dienone is 2. The second-order valence-electron chi connectivity index (χ2n) is 8.67. The van der Waals surface area contributed by atoms with Gasteiger partial charge in [-0.1, -0.05) is 28.9 Å². The van der Waals surface area contributed by atoms with Gasteiger partial charge >= 0.3 is 5.97 Å². The summed E-state index contributed by atoms with van der Waals surface area (Å²) in [7, 11) is 0. The predicted octanol–water partition coefficient (Wildman–Crippen LogP) is 5.09. The molecule has 0 aliphatic heterocycles. The average Bonchev–Trinajstić information content (AvgIpc) is 3.26. The highest BCUT2D eigenvalue weighted by atomic mass is 19.1. The van der Waals surface area contributed by atoms with Crippen molar-refractivity contribution in [2.24, 2.45) is 22.9 Å². The number of rotatable bonds is 10. The van der Waals surface area contributed by atoms with Gasteiger partial charge in [0.25, 0.3) is 0 Å². The van der Waals surface area contributed by atoms with Gasteiger partial charge in [0.2, 0.25) is 0 Å². The minimum absolute atomic E-state index is 0.141. The molecule has 1 saturated carbocycles. The summed E-state index contributed by atoms with van der Waals surface area (Å²) in [6, 6.07) is 0.409. The third-order valence-electron chi connectivity index (χ3n) is 6.44. The number of aliphatic hydroxyl groups excluding tert-OH is 2. The van der Waals surface area contributed by atoms with Crippen LogP contribution in [0.25, 0.3) is 10.4 Å². The number of azide groups is 1. The van der Waals surface area contributed by atoms with Crippen LogP contribution in [0.1, 0.15) is 44.1 Å². The Bertz CT molecular complexity index is 1010. The van der Waals surface area contributed by atoms with Crippen LogP contribution in [0.3, 0.4) is 0 Å². The van der Waals surface area contributed by atoms with E-state index in [2.05, 4.69) is 16.1 Å². The van der Waals surface area contributed by atoms with Gasteiger partial charge in [-0.3, -0.25) is 4.79 Å². The first kappa shape index (κ1) is 24.8. The van der Waals surface area contributed by atoms with Crippen molar-refractivity contribution in [3.05, 3.63) is 63.3 Å². The van der Waals surface area contributed by atoms with Crippen LogP contribution in [-0.2, 0) is 11.2 Å². The molecular weight excluding hydrogens is 439 g/mol. The lowest BCUT2D eigenvalue weighted by Gasteiger charge is -2.19. The lowest BCUT2D eigenvalue weighted by molar-refractivity contribution is -0.137. The lowest BCUT2D eigenvalue weighted by atomic mass is 9.88. The van der Waals surface area contributed by atoms with Gasteiger partial charge < -0.3 is 15.3 Å². The molecule has 0 amide bonds. The Morgan fingerprint density at radius 3 is 2.76 bits per heavy atom. The largest absolute Gasteiger partial charge is 0.481 e. The van der Waals surface area contributed by atoms with Crippen molar-refractivity contribution in [2.45, 2.75) is 57.2 Å². The van der Waals surface area contributed by atoms with Crippen molar-refractivity contribution in [3.63, 3.8) is 0 Å². The molecule has 3 N–H and O–H groups in total. The Hall–Kier alpha value is -2.81. The molecule has 1 aromatic carbocycles. The third kappa shape index (κ3) is 5.96. The number of aliphatic hydroxyl groups is 2. The van der Waals surface area contributed by atoms with Crippen LogP contribution < -0.4 is 0 Å². The van der Waals surface area contributed by atoms with Gasteiger partial charge in [-0.2, -0.15) is 0 Å². The van der Waals surface area contributed by atoms with E-state index >= 15 is 0 Å². The predicted molar refractivity (Wildman–Crippen MR) is 114 cm³/mol. The second kappa shape index (κ2) is 10.9. The number of unbranched alkanes of at least 4 members (excludes halogenated alkanes) is 1. The fraction of sp³-hybridized carbons (Fsp3) is 0.522. The molecule has 3 rings (SSSR count). The van der Waals surface area contributed by atoms with E-state index in [0.29, 0.717) is 18.9 Å². The maximum atomic E-state index is 14.4. The van der Waals surface area contributed by atoms with Gasteiger partial charge in [0.1, 0.15) is 23.1 Å². The number of nitrogens with zero attached hydrogens (tertiary/aromatic N) is 3. The molecule has 5 atom stereocenters. The van der Waals surface area contributed by atoms with Crippen LogP contribution in [0.4, 0.5) is 18.9 Å². The molecule has 178 valence electrons. The zero-order valence-electron chi connectivity index (χ0n) is 17.9. The third-order valence-corrected chi connectivity index (χ3v) is 6.44. The molecule has 2 aliphatic carbocycles. The molecule has 0 unspecified atom stereocenters. The number of halogens is 3. The van der Waals surface area contributed by atoms with E-state index in [1.807, 2.05) is 0 Å². The van der Waals surface area contributed by atoms with Gasteiger partial charge in [-0.05, 0) is 49.5 Å². The van der Waals surface area contributed by atoms with Crippen molar-refractivity contribution in [1.29, 1.82) is 0 Å². The summed E-state index contributed by atoms with van der Waals surface area (Å²) in [6.45, 7) is 0. The molecule has 2 aliphatic rings. The number of carboxylic acids is 1. The first-order valence-electron chi connectivity index (χ1n) is 10.9. The number of hydrogen-bond acceptors (Lipinski definition) is 4. The van der Waals surface area contributed by atoms with Crippen molar-refractivity contribution in [2.75, 3.05) is 0 Å². The molecule has 0 aromatic heterocycles. The minimum atomic E-state index is -1.36. The van der Waals surface area contributed by atoms with E-state index in [1.165, 1.54) is 11.6 Å². The Kier molecular flexibility index (Phi) is 8.18. The first-order chi connectivity index (χ1) is 15.7. The lowest BCUT2D eigenvalue weighted by Crippen LogP contribution is -2.18. The van der Waals surface area contributed by atoms with Gasteiger partial charge in [0.15, 0.2) is 0 Å². The van der Waals surface area contributed by atoms with Crippen LogP contribution >= 0.6 is 0 Å². The molecule has 0 bridgehead atoms. The van der Waals surface area contributed by atoms with Crippen LogP contribution in [-0.4, -0.2) is 33.5 Å². The van der Waals surface area contributed by atoms with E-state index in [9.17, 15) is 28.2 Å². The van der Waals surface area contributed by atoms with Crippen molar-refractivity contribution >= 4 is 11.7 Å². The Labute approximate surface area is 188 Å². The van der Waals surface area contributed by atoms with E-state index in [-0.39, 0.29) is 24.2 Å². The van der Waals surface area contributed by atoms with E-state index in [4.69, 9.17) is 10.6 Å². The van der Waals surface area contributed by atoms with Crippen LogP contribution in [0.15, 0.2) is 35.0 Å². The highest BCUT2D eigenvalue weighted by molar-refractivity contribution is 5.66. The molecule has 1 fully saturated rings. The smallest absolute Gasteiger partial charge is 0.303 e. The highest BCUT2D eigenvalue weighted by Crippen LogP contribution is 2.48. The standard InChI is InChI=1S/C23H26F3N3O4/c24-18-11-19(25)23(28-29-27)22(26)17(18)10-14(30)5-6-15-16-8-12(3-1-2-4-21(32)33)7-13(16)9-20(15)31/h5-7,11,13-16,20,30-31H,1-4,8-10H2,(H,32,33)/t13-,14-,15+,16-,20+/m0/s1. The molecule has 7 nitrogen and oxygen atoms in total. The molecular formula is C23H26F3N3O4. The van der Waals surface area contributed by atoms with Gasteiger partial charge in [-0.25, -0.2) is 13.2 Å². The molecule has 0 heterocycles. The van der Waals surface area contributed by atoms with Gasteiger partial charge in [0, 0.05) is 35.3 Å². The summed E-state index contributed by atoms with van der Waals surface area (Å²) in [4.78, 5) is 13.0. The molecule has 10 heteroatoms. The number of hydrogen-bond donors (Lipinski definition) is 3. The number of fused-ring (bicyclic) bond motifs is 1. The maximum Gasteiger partial charge on any atom is 0.303 e. The minimum Gasteiger partial charge on any atom is -0.481 e. The second-order valence-corrected chi connectivity index (χ2v) is 8.67. The summed E-state index contributed by atoms with van der Waals surface area (Å²) in [5.41, 5.74) is 8.13. The Balaban J connectivity index is 1.62. The maximum absolute atomic E-state index is 14.4. The van der Waals surface area contributed by atoms with Crippen molar-refractivity contribution in [1.82, 2.24) is 0 Å². The summed E-state index contributed by atoms with van der Waals surface area (Å²) in [6.07, 6.45) is 6.48.